The minimum Gasteiger partial charge on any atom is -0.482 e. The number of nitrogens with one attached hydrogen (secondary N) is 3. The maximum absolute atomic E-state index is 11.4. The molecule has 1 aromatic carbocycles. The van der Waals surface area contributed by atoms with E-state index in [2.05, 4.69) is 28.1 Å². The van der Waals surface area contributed by atoms with Crippen LogP contribution in [0.1, 0.15) is 45.1 Å². The summed E-state index contributed by atoms with van der Waals surface area (Å²) < 4.78 is 5.36. The van der Waals surface area contributed by atoms with Crippen molar-refractivity contribution in [2.75, 3.05) is 11.9 Å². The summed E-state index contributed by atoms with van der Waals surface area (Å²) in [5.41, 5.74) is 5.27. The maximum Gasteiger partial charge on any atom is 0.262 e. The number of ether oxygens (including phenoxy) is 1. The predicted molar refractivity (Wildman–Crippen MR) is 103 cm³/mol. The molecule has 7 heteroatoms. The van der Waals surface area contributed by atoms with Gasteiger partial charge in [0.25, 0.3) is 5.91 Å². The monoisotopic (exact) mass is 360 g/mol. The molecule has 3 rings (SSSR count). The number of carbonyl (C=O) groups is 1. The third-order valence-electron chi connectivity index (χ3n) is 4.78. The van der Waals surface area contributed by atoms with Crippen LogP contribution in [0.5, 0.6) is 5.75 Å². The highest BCUT2D eigenvalue weighted by Gasteiger charge is 2.21. The molecule has 0 aromatic heterocycles. The van der Waals surface area contributed by atoms with Crippen LogP contribution in [0.25, 0.3) is 0 Å². The summed E-state index contributed by atoms with van der Waals surface area (Å²) in [6.07, 6.45) is 4.94. The fourth-order valence-corrected chi connectivity index (χ4v) is 3.44. The number of thiocarbonyl (C=S) groups is 1. The van der Waals surface area contributed by atoms with Crippen molar-refractivity contribution < 1.29 is 9.53 Å². The van der Waals surface area contributed by atoms with E-state index in [-0.39, 0.29) is 12.5 Å². The van der Waals surface area contributed by atoms with Gasteiger partial charge in [-0.3, -0.25) is 10.2 Å². The molecule has 2 aliphatic rings. The van der Waals surface area contributed by atoms with Crippen LogP contribution in [0.15, 0.2) is 23.3 Å². The van der Waals surface area contributed by atoms with Crippen molar-refractivity contribution in [2.24, 2.45) is 11.0 Å². The summed E-state index contributed by atoms with van der Waals surface area (Å²) in [6, 6.07) is 6.02. The molecule has 6 nitrogen and oxygen atoms in total. The Morgan fingerprint density at radius 1 is 1.36 bits per heavy atom. The zero-order valence-electron chi connectivity index (χ0n) is 14.6. The molecule has 0 saturated heterocycles. The van der Waals surface area contributed by atoms with Gasteiger partial charge in [0.2, 0.25) is 0 Å². The van der Waals surface area contributed by atoms with Crippen LogP contribution < -0.4 is 20.8 Å². The van der Waals surface area contributed by atoms with E-state index in [4.69, 9.17) is 17.0 Å². The molecule has 1 saturated carbocycles. The van der Waals surface area contributed by atoms with E-state index in [0.717, 1.165) is 17.7 Å². The van der Waals surface area contributed by atoms with Crippen molar-refractivity contribution in [3.8, 4) is 5.75 Å². The minimum atomic E-state index is -0.149. The lowest BCUT2D eigenvalue weighted by Gasteiger charge is -2.30. The molecule has 0 unspecified atom stereocenters. The number of fused-ring (bicyclic) bond motifs is 1. The predicted octanol–water partition coefficient (Wildman–Crippen LogP) is 2.78. The number of nitrogens with zero attached hydrogens (tertiary/aromatic N) is 1. The van der Waals surface area contributed by atoms with E-state index < -0.39 is 0 Å². The van der Waals surface area contributed by atoms with Crippen LogP contribution in [-0.2, 0) is 4.79 Å². The van der Waals surface area contributed by atoms with Crippen molar-refractivity contribution >= 4 is 34.6 Å². The van der Waals surface area contributed by atoms with Gasteiger partial charge in [-0.05, 0) is 61.7 Å². The first-order valence-electron chi connectivity index (χ1n) is 8.71. The van der Waals surface area contributed by atoms with Crippen LogP contribution >= 0.6 is 12.2 Å². The van der Waals surface area contributed by atoms with Crippen LogP contribution in [0.2, 0.25) is 0 Å². The second-order valence-electron chi connectivity index (χ2n) is 6.70. The fourth-order valence-electron chi connectivity index (χ4n) is 3.24. The van der Waals surface area contributed by atoms with Crippen LogP contribution in [0.3, 0.4) is 0 Å². The Balaban J connectivity index is 1.60. The summed E-state index contributed by atoms with van der Waals surface area (Å²) >= 11 is 5.36. The Morgan fingerprint density at radius 3 is 2.96 bits per heavy atom. The standard InChI is InChI=1S/C18H24N4O2S/c1-11-5-3-4-6-14(11)20-18(25)22-21-12(2)13-7-8-16-15(9-13)19-17(23)10-24-16/h7-9,11,14H,3-6,10H2,1-2H3,(H,19,23)(H2,20,22,25)/b21-12-/t11-,14+/m1/s1. The second-order valence-corrected chi connectivity index (χ2v) is 7.11. The highest BCUT2D eigenvalue weighted by atomic mass is 32.1. The van der Waals surface area contributed by atoms with Gasteiger partial charge < -0.3 is 15.4 Å². The molecule has 1 fully saturated rings. The molecule has 134 valence electrons. The molecule has 1 heterocycles. The van der Waals surface area contributed by atoms with Crippen LogP contribution in [0.4, 0.5) is 5.69 Å². The molecule has 0 radical (unpaired) electrons. The lowest BCUT2D eigenvalue weighted by Crippen LogP contribution is -2.44. The second kappa shape index (κ2) is 7.82. The van der Waals surface area contributed by atoms with E-state index in [1.54, 1.807) is 0 Å². The zero-order valence-corrected chi connectivity index (χ0v) is 15.4. The van der Waals surface area contributed by atoms with Gasteiger partial charge in [0.05, 0.1) is 11.4 Å². The Bertz CT molecular complexity index is 704. The van der Waals surface area contributed by atoms with Crippen molar-refractivity contribution in [3.63, 3.8) is 0 Å². The fraction of sp³-hybridized carbons (Fsp3) is 0.500. The van der Waals surface area contributed by atoms with E-state index in [1.807, 2.05) is 25.1 Å². The number of hydrogen-bond donors (Lipinski definition) is 3. The topological polar surface area (TPSA) is 74.8 Å². The minimum absolute atomic E-state index is 0.0561. The van der Waals surface area contributed by atoms with Gasteiger partial charge in [0.15, 0.2) is 11.7 Å². The van der Waals surface area contributed by atoms with E-state index in [0.29, 0.717) is 28.5 Å². The SMILES string of the molecule is C/C(=N/NC(=S)N[C@H]1CCCC[C@H]1C)c1ccc2c(c1)NC(=O)CO2. The smallest absolute Gasteiger partial charge is 0.262 e. The first-order valence-corrected chi connectivity index (χ1v) is 9.11. The van der Waals surface area contributed by atoms with Crippen molar-refractivity contribution in [1.29, 1.82) is 0 Å². The molecule has 1 aromatic rings. The number of hydrazone groups is 1. The lowest BCUT2D eigenvalue weighted by atomic mass is 9.86. The first kappa shape index (κ1) is 17.7. The highest BCUT2D eigenvalue weighted by Crippen LogP contribution is 2.28. The van der Waals surface area contributed by atoms with E-state index in [9.17, 15) is 4.79 Å². The average Bonchev–Trinajstić information content (AvgIpc) is 2.61. The number of benzene rings is 1. The Morgan fingerprint density at radius 2 is 2.16 bits per heavy atom. The van der Waals surface area contributed by atoms with E-state index >= 15 is 0 Å². The number of hydrogen-bond acceptors (Lipinski definition) is 4. The number of amides is 1. The van der Waals surface area contributed by atoms with Gasteiger partial charge in [-0.1, -0.05) is 19.8 Å². The Hall–Kier alpha value is -2.15. The summed E-state index contributed by atoms with van der Waals surface area (Å²) in [6.45, 7) is 4.21. The average molecular weight is 360 g/mol. The third-order valence-corrected chi connectivity index (χ3v) is 4.99. The zero-order chi connectivity index (χ0) is 17.8. The van der Waals surface area contributed by atoms with Gasteiger partial charge in [-0.15, -0.1) is 0 Å². The summed E-state index contributed by atoms with van der Waals surface area (Å²) in [7, 11) is 0. The van der Waals surface area contributed by atoms with Crippen molar-refractivity contribution in [3.05, 3.63) is 23.8 Å². The van der Waals surface area contributed by atoms with Gasteiger partial charge >= 0.3 is 0 Å². The maximum atomic E-state index is 11.4. The molecular formula is C18H24N4O2S. The lowest BCUT2D eigenvalue weighted by molar-refractivity contribution is -0.118. The van der Waals surface area contributed by atoms with Crippen molar-refractivity contribution in [2.45, 2.75) is 45.6 Å². The summed E-state index contributed by atoms with van der Waals surface area (Å²) in [5, 5.41) is 11.1. The third kappa shape index (κ3) is 4.48. The van der Waals surface area contributed by atoms with Gasteiger partial charge in [0, 0.05) is 6.04 Å². The molecule has 2 atom stereocenters. The molecule has 0 spiro atoms. The number of rotatable bonds is 3. The van der Waals surface area contributed by atoms with Crippen molar-refractivity contribution in [1.82, 2.24) is 10.7 Å². The molecule has 3 N–H and O–H groups in total. The Labute approximate surface area is 153 Å². The molecular weight excluding hydrogens is 336 g/mol. The molecule has 25 heavy (non-hydrogen) atoms. The highest BCUT2D eigenvalue weighted by molar-refractivity contribution is 7.80. The molecule has 1 amide bonds. The van der Waals surface area contributed by atoms with Gasteiger partial charge in [-0.25, -0.2) is 0 Å². The number of carbonyl (C=O) groups excluding carboxylic acids is 1. The summed E-state index contributed by atoms with van der Waals surface area (Å²) in [5.74, 6) is 1.15. The van der Waals surface area contributed by atoms with E-state index in [1.165, 1.54) is 19.3 Å². The normalized spacial score (nSPS) is 23.1. The van der Waals surface area contributed by atoms with Crippen LogP contribution in [-0.4, -0.2) is 29.4 Å². The largest absolute Gasteiger partial charge is 0.482 e. The first-order chi connectivity index (χ1) is 12.0. The Kier molecular flexibility index (Phi) is 5.53. The van der Waals surface area contributed by atoms with Gasteiger partial charge in [-0.2, -0.15) is 5.10 Å². The summed E-state index contributed by atoms with van der Waals surface area (Å²) in [4.78, 5) is 11.4. The van der Waals surface area contributed by atoms with Gasteiger partial charge in [0.1, 0.15) is 5.75 Å². The van der Waals surface area contributed by atoms with Crippen LogP contribution in [0, 0.1) is 5.92 Å². The quantitative estimate of drug-likeness (QED) is 0.439. The molecule has 1 aliphatic heterocycles. The molecule has 0 bridgehead atoms. The molecule has 1 aliphatic carbocycles. The number of anilines is 1.